The van der Waals surface area contributed by atoms with Crippen LogP contribution in [0.2, 0.25) is 0 Å². The third-order valence-corrected chi connectivity index (χ3v) is 3.34. The summed E-state index contributed by atoms with van der Waals surface area (Å²) in [5, 5.41) is 9.05. The van der Waals surface area contributed by atoms with Crippen LogP contribution >= 0.6 is 0 Å². The summed E-state index contributed by atoms with van der Waals surface area (Å²) < 4.78 is 4.94. The van der Waals surface area contributed by atoms with Gasteiger partial charge in [0, 0.05) is 5.54 Å². The zero-order chi connectivity index (χ0) is 11.8. The predicted molar refractivity (Wildman–Crippen MR) is 56.0 cm³/mol. The predicted octanol–water partition coefficient (Wildman–Crippen LogP) is 1.39. The van der Waals surface area contributed by atoms with Crippen LogP contribution in [0.25, 0.3) is 0 Å². The van der Waals surface area contributed by atoms with E-state index in [0.717, 1.165) is 19.3 Å². The Balaban J connectivity index is 2.10. The van der Waals surface area contributed by atoms with Gasteiger partial charge in [-0.15, -0.1) is 0 Å². The monoisotopic (exact) mass is 225 g/mol. The van der Waals surface area contributed by atoms with Gasteiger partial charge in [0.1, 0.15) is 12.6 Å². The molecule has 1 heterocycles. The lowest BCUT2D eigenvalue weighted by molar-refractivity contribution is -0.142. The summed E-state index contributed by atoms with van der Waals surface area (Å²) in [6.45, 7) is 3.58. The molecule has 1 saturated carbocycles. The fourth-order valence-corrected chi connectivity index (χ4v) is 2.38. The van der Waals surface area contributed by atoms with Crippen LogP contribution in [0.5, 0.6) is 0 Å². The van der Waals surface area contributed by atoms with Crippen molar-refractivity contribution in [2.24, 2.45) is 0 Å². The molecule has 16 heavy (non-hydrogen) atoms. The first-order valence-electron chi connectivity index (χ1n) is 5.40. The van der Waals surface area contributed by atoms with E-state index < -0.39 is 18.1 Å². The Morgan fingerprint density at radius 3 is 2.69 bits per heavy atom. The van der Waals surface area contributed by atoms with Crippen LogP contribution in [0.3, 0.4) is 0 Å². The minimum Gasteiger partial charge on any atom is -0.480 e. The number of nitrogens with zero attached hydrogens (tertiary/aromatic N) is 1. The van der Waals surface area contributed by atoms with E-state index >= 15 is 0 Å². The Morgan fingerprint density at radius 2 is 2.19 bits per heavy atom. The molecule has 1 unspecified atom stereocenters. The Bertz CT molecular complexity index is 335. The van der Waals surface area contributed by atoms with Crippen molar-refractivity contribution in [1.82, 2.24) is 4.90 Å². The van der Waals surface area contributed by atoms with E-state index in [-0.39, 0.29) is 12.1 Å². The van der Waals surface area contributed by atoms with Crippen molar-refractivity contribution in [1.29, 1.82) is 0 Å². The summed E-state index contributed by atoms with van der Waals surface area (Å²) in [4.78, 5) is 24.2. The van der Waals surface area contributed by atoms with Gasteiger partial charge in [0.25, 0.3) is 0 Å². The highest BCUT2D eigenvalue weighted by Gasteiger charge is 2.59. The van der Waals surface area contributed by atoms with E-state index in [1.807, 2.05) is 0 Å². The second-order valence-electron chi connectivity index (χ2n) is 4.35. The van der Waals surface area contributed by atoms with Gasteiger partial charge in [-0.3, -0.25) is 4.90 Å². The minimum atomic E-state index is -0.945. The number of aliphatic carboxylic acids is 1. The number of hydrogen-bond donors (Lipinski definition) is 1. The van der Waals surface area contributed by atoms with Gasteiger partial charge in [-0.1, -0.05) is 12.7 Å². The highest BCUT2D eigenvalue weighted by molar-refractivity contribution is 5.82. The SMILES string of the molecule is C=CCOC(=O)N1C(C(=O)O)CCC12CC2. The molecule has 88 valence electrons. The normalized spacial score (nSPS) is 25.5. The van der Waals surface area contributed by atoms with Gasteiger partial charge in [-0.05, 0) is 25.7 Å². The molecule has 0 aromatic rings. The van der Waals surface area contributed by atoms with Crippen molar-refractivity contribution in [3.63, 3.8) is 0 Å². The zero-order valence-corrected chi connectivity index (χ0v) is 9.02. The summed E-state index contributed by atoms with van der Waals surface area (Å²) in [6, 6.07) is -0.722. The molecule has 5 nitrogen and oxygen atoms in total. The fourth-order valence-electron chi connectivity index (χ4n) is 2.38. The van der Waals surface area contributed by atoms with E-state index in [1.54, 1.807) is 0 Å². The van der Waals surface area contributed by atoms with Gasteiger partial charge >= 0.3 is 12.1 Å². The molecule has 0 radical (unpaired) electrons. The minimum absolute atomic E-state index is 0.123. The highest BCUT2D eigenvalue weighted by atomic mass is 16.6. The molecule has 2 fully saturated rings. The third kappa shape index (κ3) is 1.66. The van der Waals surface area contributed by atoms with Crippen LogP contribution in [0.15, 0.2) is 12.7 Å². The Morgan fingerprint density at radius 1 is 1.50 bits per heavy atom. The first kappa shape index (κ1) is 11.0. The zero-order valence-electron chi connectivity index (χ0n) is 9.02. The maximum absolute atomic E-state index is 11.8. The van der Waals surface area contributed by atoms with Crippen LogP contribution in [-0.2, 0) is 9.53 Å². The first-order chi connectivity index (χ1) is 7.60. The lowest BCUT2D eigenvalue weighted by Gasteiger charge is -2.27. The smallest absolute Gasteiger partial charge is 0.411 e. The van der Waals surface area contributed by atoms with E-state index in [2.05, 4.69) is 6.58 Å². The van der Waals surface area contributed by atoms with Crippen molar-refractivity contribution in [3.8, 4) is 0 Å². The molecular weight excluding hydrogens is 210 g/mol. The van der Waals surface area contributed by atoms with Gasteiger partial charge < -0.3 is 9.84 Å². The summed E-state index contributed by atoms with van der Waals surface area (Å²) in [7, 11) is 0. The van der Waals surface area contributed by atoms with Gasteiger partial charge in [-0.2, -0.15) is 0 Å². The number of carbonyl (C=O) groups is 2. The second kappa shape index (κ2) is 3.81. The first-order valence-corrected chi connectivity index (χ1v) is 5.40. The third-order valence-electron chi connectivity index (χ3n) is 3.34. The van der Waals surface area contributed by atoms with Crippen LogP contribution in [0.1, 0.15) is 25.7 Å². The maximum Gasteiger partial charge on any atom is 0.411 e. The molecule has 2 aliphatic rings. The molecule has 1 amide bonds. The summed E-state index contributed by atoms with van der Waals surface area (Å²) in [5.74, 6) is -0.945. The highest BCUT2D eigenvalue weighted by Crippen LogP contribution is 2.52. The number of hydrogen-bond acceptors (Lipinski definition) is 3. The van der Waals surface area contributed by atoms with Gasteiger partial charge in [0.15, 0.2) is 0 Å². The number of carboxylic acids is 1. The molecular formula is C11H15NO4. The lowest BCUT2D eigenvalue weighted by Crippen LogP contribution is -2.46. The van der Waals surface area contributed by atoms with E-state index in [0.29, 0.717) is 6.42 Å². The molecule has 0 bridgehead atoms. The van der Waals surface area contributed by atoms with Crippen LogP contribution in [0, 0.1) is 0 Å². The molecule has 1 N–H and O–H groups in total. The van der Waals surface area contributed by atoms with E-state index in [9.17, 15) is 9.59 Å². The van der Waals surface area contributed by atoms with Crippen LogP contribution in [-0.4, -0.2) is 40.3 Å². The van der Waals surface area contributed by atoms with E-state index in [4.69, 9.17) is 9.84 Å². The lowest BCUT2D eigenvalue weighted by atomic mass is 10.2. The number of ether oxygens (including phenoxy) is 1. The average Bonchev–Trinajstić information content (AvgIpc) is 2.88. The number of likely N-dealkylation sites (tertiary alicyclic amines) is 1. The van der Waals surface area contributed by atoms with Crippen molar-refractivity contribution >= 4 is 12.1 Å². The standard InChI is InChI=1S/C11H15NO4/c1-2-7-16-10(15)12-8(9(13)14)3-4-11(12)5-6-11/h2,8H,1,3-7H2,(H,13,14). The summed E-state index contributed by atoms with van der Waals surface area (Å²) >= 11 is 0. The topological polar surface area (TPSA) is 66.8 Å². The molecule has 0 aromatic carbocycles. The molecule has 0 aromatic heterocycles. The van der Waals surface area contributed by atoms with Crippen molar-refractivity contribution in [2.75, 3.05) is 6.61 Å². The van der Waals surface area contributed by atoms with Gasteiger partial charge in [-0.25, -0.2) is 9.59 Å². The summed E-state index contributed by atoms with van der Waals surface area (Å²) in [5.41, 5.74) is -0.221. The van der Waals surface area contributed by atoms with Gasteiger partial charge in [0.2, 0.25) is 0 Å². The summed E-state index contributed by atoms with van der Waals surface area (Å²) in [6.07, 6.45) is 4.02. The van der Waals surface area contributed by atoms with Crippen molar-refractivity contribution in [2.45, 2.75) is 37.3 Å². The number of amides is 1. The fraction of sp³-hybridized carbons (Fsp3) is 0.636. The van der Waals surface area contributed by atoms with Crippen molar-refractivity contribution in [3.05, 3.63) is 12.7 Å². The van der Waals surface area contributed by atoms with Gasteiger partial charge in [0.05, 0.1) is 0 Å². The quantitative estimate of drug-likeness (QED) is 0.737. The van der Waals surface area contributed by atoms with E-state index in [1.165, 1.54) is 11.0 Å². The van der Waals surface area contributed by atoms with Crippen LogP contribution in [0.4, 0.5) is 4.79 Å². The van der Waals surface area contributed by atoms with Crippen molar-refractivity contribution < 1.29 is 19.4 Å². The second-order valence-corrected chi connectivity index (χ2v) is 4.35. The number of carbonyl (C=O) groups excluding carboxylic acids is 1. The molecule has 1 atom stereocenters. The molecule has 1 saturated heterocycles. The Kier molecular flexibility index (Phi) is 2.61. The van der Waals surface area contributed by atoms with Crippen LogP contribution < -0.4 is 0 Å². The molecule has 1 aliphatic carbocycles. The maximum atomic E-state index is 11.8. The Hall–Kier alpha value is -1.52. The molecule has 1 aliphatic heterocycles. The number of rotatable bonds is 3. The molecule has 5 heteroatoms. The number of carboxylic acid groups (broad SMARTS) is 1. The largest absolute Gasteiger partial charge is 0.480 e. The Labute approximate surface area is 93.7 Å². The average molecular weight is 225 g/mol. The molecule has 2 rings (SSSR count). The molecule has 1 spiro atoms.